The Morgan fingerprint density at radius 1 is 1.21 bits per heavy atom. The summed E-state index contributed by atoms with van der Waals surface area (Å²) >= 11 is 6.00. The molecule has 0 aliphatic rings. The van der Waals surface area contributed by atoms with Crippen molar-refractivity contribution in [2.24, 2.45) is 0 Å². The van der Waals surface area contributed by atoms with Crippen molar-refractivity contribution in [3.63, 3.8) is 0 Å². The Morgan fingerprint density at radius 2 is 1.90 bits per heavy atom. The van der Waals surface area contributed by atoms with Gasteiger partial charge in [0.15, 0.2) is 0 Å². The summed E-state index contributed by atoms with van der Waals surface area (Å²) in [4.78, 5) is 13.7. The number of rotatable bonds is 7. The highest BCUT2D eigenvalue weighted by molar-refractivity contribution is 7.89. The first-order chi connectivity index (χ1) is 13.6. The minimum atomic E-state index is -3.72. The first-order valence-corrected chi connectivity index (χ1v) is 10.4. The molecule has 1 amide bonds. The van der Waals surface area contributed by atoms with Crippen molar-refractivity contribution in [2.75, 3.05) is 28.3 Å². The van der Waals surface area contributed by atoms with Gasteiger partial charge in [0.1, 0.15) is 16.5 Å². The number of likely N-dealkylation sites (N-methyl/N-ethyl adjacent to an activating group) is 1. The number of halogens is 2. The van der Waals surface area contributed by atoms with Crippen molar-refractivity contribution < 1.29 is 22.3 Å². The highest BCUT2D eigenvalue weighted by atomic mass is 35.5. The average Bonchev–Trinajstić information content (AvgIpc) is 2.68. The molecule has 0 radical (unpaired) electrons. The number of hydrogen-bond acceptors (Lipinski definition) is 4. The maximum absolute atomic E-state index is 13.9. The normalized spacial score (nSPS) is 11.8. The lowest BCUT2D eigenvalue weighted by Crippen LogP contribution is -2.24. The lowest BCUT2D eigenvalue weighted by atomic mass is 10.2. The second kappa shape index (κ2) is 9.39. The maximum atomic E-state index is 13.9. The van der Waals surface area contributed by atoms with Gasteiger partial charge in [-0.3, -0.25) is 4.79 Å². The molecule has 2 aromatic carbocycles. The van der Waals surface area contributed by atoms with Gasteiger partial charge >= 0.3 is 0 Å². The van der Waals surface area contributed by atoms with Crippen LogP contribution in [0.4, 0.5) is 4.39 Å². The topological polar surface area (TPSA) is 66.9 Å². The van der Waals surface area contributed by atoms with Crippen LogP contribution in [0.1, 0.15) is 11.1 Å². The number of amides is 1. The van der Waals surface area contributed by atoms with E-state index in [0.29, 0.717) is 5.56 Å². The molecule has 0 saturated heterocycles. The molecule has 6 nitrogen and oxygen atoms in total. The Bertz CT molecular complexity index is 1020. The molecule has 0 aliphatic heterocycles. The monoisotopic (exact) mass is 440 g/mol. The highest BCUT2D eigenvalue weighted by Gasteiger charge is 2.22. The molecule has 0 fully saturated rings. The third-order valence-electron chi connectivity index (χ3n) is 4.20. The van der Waals surface area contributed by atoms with Crippen molar-refractivity contribution in [3.05, 3.63) is 64.4 Å². The van der Waals surface area contributed by atoms with E-state index < -0.39 is 21.7 Å². The lowest BCUT2D eigenvalue weighted by Gasteiger charge is -2.17. The van der Waals surface area contributed by atoms with E-state index in [9.17, 15) is 17.6 Å². The van der Waals surface area contributed by atoms with Gasteiger partial charge in [0.2, 0.25) is 15.9 Å². The second-order valence-electron chi connectivity index (χ2n) is 6.43. The van der Waals surface area contributed by atoms with Crippen LogP contribution < -0.4 is 4.74 Å². The zero-order valence-corrected chi connectivity index (χ0v) is 18.1. The molecule has 0 saturated carbocycles. The van der Waals surface area contributed by atoms with Crippen LogP contribution in [0.2, 0.25) is 5.02 Å². The highest BCUT2D eigenvalue weighted by Crippen LogP contribution is 2.27. The summed E-state index contributed by atoms with van der Waals surface area (Å²) in [5.74, 6) is -0.680. The van der Waals surface area contributed by atoms with Crippen LogP contribution in [0.25, 0.3) is 6.08 Å². The van der Waals surface area contributed by atoms with Gasteiger partial charge in [-0.1, -0.05) is 23.7 Å². The standard InChI is InChI=1S/C20H22ClFN2O4S/c1-23(2)29(26,27)19-12-14(8-10-18(19)28-4)9-11-20(25)24(3)13-15-16(21)6-5-7-17(15)22/h5-12H,13H2,1-4H3/b11-9+. The second-order valence-corrected chi connectivity index (χ2v) is 8.95. The summed E-state index contributed by atoms with van der Waals surface area (Å²) in [7, 11) is 2.02. The van der Waals surface area contributed by atoms with Crippen molar-refractivity contribution >= 4 is 33.6 Å². The zero-order chi connectivity index (χ0) is 21.8. The molecular weight excluding hydrogens is 419 g/mol. The summed E-state index contributed by atoms with van der Waals surface area (Å²) in [6.07, 6.45) is 2.76. The summed E-state index contributed by atoms with van der Waals surface area (Å²) in [6, 6.07) is 8.89. The van der Waals surface area contributed by atoms with Crippen LogP contribution in [0, 0.1) is 5.82 Å². The van der Waals surface area contributed by atoms with Crippen molar-refractivity contribution in [2.45, 2.75) is 11.4 Å². The Hall–Kier alpha value is -2.42. The molecular formula is C20H22ClFN2O4S. The van der Waals surface area contributed by atoms with Gasteiger partial charge in [-0.2, -0.15) is 0 Å². The molecule has 0 aliphatic carbocycles. The Labute approximate surface area is 175 Å². The smallest absolute Gasteiger partial charge is 0.246 e. The van der Waals surface area contributed by atoms with E-state index in [2.05, 4.69) is 0 Å². The van der Waals surface area contributed by atoms with Gasteiger partial charge in [-0.05, 0) is 35.9 Å². The number of sulfonamides is 1. The van der Waals surface area contributed by atoms with E-state index in [-0.39, 0.29) is 27.8 Å². The maximum Gasteiger partial charge on any atom is 0.246 e. The van der Waals surface area contributed by atoms with E-state index in [1.54, 1.807) is 12.1 Å². The fraction of sp³-hybridized carbons (Fsp3) is 0.250. The van der Waals surface area contributed by atoms with Crippen molar-refractivity contribution in [1.82, 2.24) is 9.21 Å². The van der Waals surface area contributed by atoms with Gasteiger partial charge < -0.3 is 9.64 Å². The largest absolute Gasteiger partial charge is 0.495 e. The summed E-state index contributed by atoms with van der Waals surface area (Å²) < 4.78 is 45.1. The predicted molar refractivity (Wildman–Crippen MR) is 111 cm³/mol. The van der Waals surface area contributed by atoms with Crippen LogP contribution in [-0.2, 0) is 21.4 Å². The van der Waals surface area contributed by atoms with Crippen molar-refractivity contribution in [3.8, 4) is 5.75 Å². The number of carbonyl (C=O) groups excluding carboxylic acids is 1. The van der Waals surface area contributed by atoms with E-state index in [4.69, 9.17) is 16.3 Å². The molecule has 29 heavy (non-hydrogen) atoms. The number of benzene rings is 2. The van der Waals surface area contributed by atoms with E-state index >= 15 is 0 Å². The van der Waals surface area contributed by atoms with Gasteiger partial charge in [0.05, 0.1) is 7.11 Å². The fourth-order valence-corrected chi connectivity index (χ4v) is 3.80. The van der Waals surface area contributed by atoms with E-state index in [0.717, 1.165) is 4.31 Å². The van der Waals surface area contributed by atoms with E-state index in [1.807, 2.05) is 0 Å². The molecule has 0 heterocycles. The number of carbonyl (C=O) groups is 1. The van der Waals surface area contributed by atoms with Gasteiger partial charge in [0.25, 0.3) is 0 Å². The Balaban J connectivity index is 2.24. The van der Waals surface area contributed by atoms with Gasteiger partial charge in [-0.15, -0.1) is 0 Å². The molecule has 0 spiro atoms. The average molecular weight is 441 g/mol. The number of ether oxygens (including phenoxy) is 1. The van der Waals surface area contributed by atoms with E-state index in [1.165, 1.54) is 69.6 Å². The molecule has 0 atom stereocenters. The Morgan fingerprint density at radius 3 is 2.48 bits per heavy atom. The first kappa shape index (κ1) is 22.9. The number of methoxy groups -OCH3 is 1. The molecule has 156 valence electrons. The molecule has 0 bridgehead atoms. The minimum absolute atomic E-state index is 0.00243. The lowest BCUT2D eigenvalue weighted by molar-refractivity contribution is -0.125. The molecule has 2 aromatic rings. The van der Waals surface area contributed by atoms with Crippen LogP contribution in [0.5, 0.6) is 5.75 Å². The van der Waals surface area contributed by atoms with Gasteiger partial charge in [0, 0.05) is 44.3 Å². The van der Waals surface area contributed by atoms with Gasteiger partial charge in [-0.25, -0.2) is 17.1 Å². The van der Waals surface area contributed by atoms with Crippen LogP contribution in [0.3, 0.4) is 0 Å². The van der Waals surface area contributed by atoms with Crippen LogP contribution in [0.15, 0.2) is 47.4 Å². The molecule has 9 heteroatoms. The summed E-state index contributed by atoms with van der Waals surface area (Å²) in [5, 5.41) is 0.238. The SMILES string of the molecule is COc1ccc(/C=C/C(=O)N(C)Cc2c(F)cccc2Cl)cc1S(=O)(=O)N(C)C. The van der Waals surface area contributed by atoms with Crippen molar-refractivity contribution in [1.29, 1.82) is 0 Å². The fourth-order valence-electron chi connectivity index (χ4n) is 2.49. The quantitative estimate of drug-likeness (QED) is 0.619. The number of hydrogen-bond donors (Lipinski definition) is 0. The summed E-state index contributed by atoms with van der Waals surface area (Å²) in [6.45, 7) is -0.00243. The first-order valence-electron chi connectivity index (χ1n) is 8.54. The Kier molecular flexibility index (Phi) is 7.40. The molecule has 0 N–H and O–H groups in total. The molecule has 2 rings (SSSR count). The number of nitrogens with zero attached hydrogens (tertiary/aromatic N) is 2. The summed E-state index contributed by atoms with van der Waals surface area (Å²) in [5.41, 5.74) is 0.721. The predicted octanol–water partition coefficient (Wildman–Crippen LogP) is 3.41. The minimum Gasteiger partial charge on any atom is -0.495 e. The molecule has 0 unspecified atom stereocenters. The van der Waals surface area contributed by atoms with Crippen LogP contribution >= 0.6 is 11.6 Å². The third-order valence-corrected chi connectivity index (χ3v) is 6.39. The third kappa shape index (κ3) is 5.35. The molecule has 0 aromatic heterocycles. The zero-order valence-electron chi connectivity index (χ0n) is 16.5. The van der Waals surface area contributed by atoms with Crippen LogP contribution in [-0.4, -0.2) is 51.8 Å².